The molecule has 148 valence electrons. The number of benzene rings is 2. The van der Waals surface area contributed by atoms with Gasteiger partial charge in [0.25, 0.3) is 0 Å². The van der Waals surface area contributed by atoms with Crippen LogP contribution in [-0.2, 0) is 20.5 Å². The number of methoxy groups -OCH3 is 1. The van der Waals surface area contributed by atoms with E-state index in [4.69, 9.17) is 16.3 Å². The van der Waals surface area contributed by atoms with Gasteiger partial charge in [0.2, 0.25) is 0 Å². The second kappa shape index (κ2) is 7.51. The summed E-state index contributed by atoms with van der Waals surface area (Å²) in [7, 11) is 1.47. The van der Waals surface area contributed by atoms with Crippen LogP contribution in [0.3, 0.4) is 0 Å². The van der Waals surface area contributed by atoms with Gasteiger partial charge in [-0.1, -0.05) is 54.1 Å². The lowest BCUT2D eigenvalue weighted by molar-refractivity contribution is -0.144. The summed E-state index contributed by atoms with van der Waals surface area (Å²) in [4.78, 5) is 14.9. The van der Waals surface area contributed by atoms with E-state index in [1.807, 2.05) is 54.6 Å². The molecule has 1 heterocycles. The average Bonchev–Trinajstić information content (AvgIpc) is 3.45. The molecule has 0 aromatic heterocycles. The van der Waals surface area contributed by atoms with Crippen molar-refractivity contribution in [2.75, 3.05) is 26.7 Å². The number of likely N-dealkylation sites (tertiary alicyclic amines) is 1. The van der Waals surface area contributed by atoms with Crippen molar-refractivity contribution >= 4 is 17.6 Å². The Bertz CT molecular complexity index is 831. The predicted octanol–water partition coefficient (Wildman–Crippen LogP) is 3.75. The van der Waals surface area contributed by atoms with Gasteiger partial charge < -0.3 is 14.7 Å². The molecule has 2 aromatic carbocycles. The number of halogens is 1. The molecule has 0 spiro atoms. The quantitative estimate of drug-likeness (QED) is 0.778. The minimum Gasteiger partial charge on any atom is -0.468 e. The van der Waals surface area contributed by atoms with Crippen molar-refractivity contribution < 1.29 is 14.6 Å². The van der Waals surface area contributed by atoms with Gasteiger partial charge in [-0.05, 0) is 48.4 Å². The van der Waals surface area contributed by atoms with Crippen molar-refractivity contribution in [1.29, 1.82) is 0 Å². The first kappa shape index (κ1) is 19.4. The van der Waals surface area contributed by atoms with Crippen molar-refractivity contribution in [1.82, 2.24) is 4.90 Å². The molecule has 2 fully saturated rings. The van der Waals surface area contributed by atoms with E-state index < -0.39 is 11.0 Å². The van der Waals surface area contributed by atoms with Crippen LogP contribution in [-0.4, -0.2) is 42.7 Å². The van der Waals surface area contributed by atoms with Crippen molar-refractivity contribution in [2.24, 2.45) is 5.92 Å². The third-order valence-electron chi connectivity index (χ3n) is 6.49. The molecule has 0 bridgehead atoms. The Kier molecular flexibility index (Phi) is 5.21. The summed E-state index contributed by atoms with van der Waals surface area (Å²) in [5, 5.41) is 11.7. The number of hydrogen-bond donors (Lipinski definition) is 1. The minimum atomic E-state index is -0.802. The summed E-state index contributed by atoms with van der Waals surface area (Å²) < 4.78 is 5.14. The fourth-order valence-electron chi connectivity index (χ4n) is 4.66. The SMILES string of the molecule is COC(=O)[C@@]1(c2ccccc2)C[C@@H]1CN1CCC(O)(c2ccc(Cl)cc2)CC1. The highest BCUT2D eigenvalue weighted by atomic mass is 35.5. The highest BCUT2D eigenvalue weighted by Crippen LogP contribution is 2.55. The van der Waals surface area contributed by atoms with E-state index in [9.17, 15) is 9.90 Å². The molecule has 0 amide bonds. The van der Waals surface area contributed by atoms with Crippen molar-refractivity contribution in [2.45, 2.75) is 30.3 Å². The largest absolute Gasteiger partial charge is 0.468 e. The highest BCUT2D eigenvalue weighted by molar-refractivity contribution is 6.30. The summed E-state index contributed by atoms with van der Waals surface area (Å²) in [6.45, 7) is 2.46. The molecule has 1 saturated heterocycles. The number of rotatable bonds is 5. The summed E-state index contributed by atoms with van der Waals surface area (Å²) in [6.07, 6.45) is 2.18. The predicted molar refractivity (Wildman–Crippen MR) is 109 cm³/mol. The number of esters is 1. The zero-order chi connectivity index (χ0) is 19.8. The van der Waals surface area contributed by atoms with Crippen LogP contribution in [0.5, 0.6) is 0 Å². The van der Waals surface area contributed by atoms with E-state index in [1.54, 1.807) is 0 Å². The molecule has 1 N–H and O–H groups in total. The van der Waals surface area contributed by atoms with Gasteiger partial charge in [0, 0.05) is 24.7 Å². The number of carbonyl (C=O) groups excluding carboxylic acids is 1. The summed E-state index contributed by atoms with van der Waals surface area (Å²) in [6, 6.07) is 17.4. The first-order chi connectivity index (χ1) is 13.5. The molecule has 2 aromatic rings. The van der Waals surface area contributed by atoms with Gasteiger partial charge in [0.1, 0.15) is 0 Å². The zero-order valence-electron chi connectivity index (χ0n) is 16.1. The molecular formula is C23H26ClNO3. The van der Waals surface area contributed by atoms with E-state index in [0.29, 0.717) is 17.9 Å². The Balaban J connectivity index is 1.41. The lowest BCUT2D eigenvalue weighted by atomic mass is 9.84. The lowest BCUT2D eigenvalue weighted by Crippen LogP contribution is -2.44. The molecule has 2 aliphatic rings. The van der Waals surface area contributed by atoms with Gasteiger partial charge in [-0.25, -0.2) is 0 Å². The first-order valence-corrected chi connectivity index (χ1v) is 10.2. The van der Waals surface area contributed by atoms with Crippen LogP contribution in [0, 0.1) is 5.92 Å². The summed E-state index contributed by atoms with van der Waals surface area (Å²) in [5.41, 5.74) is 0.654. The normalized spacial score (nSPS) is 26.6. The molecule has 1 saturated carbocycles. The van der Waals surface area contributed by atoms with E-state index in [2.05, 4.69) is 4.90 Å². The van der Waals surface area contributed by atoms with Crippen molar-refractivity contribution in [3.05, 3.63) is 70.7 Å². The third-order valence-corrected chi connectivity index (χ3v) is 6.74. The smallest absolute Gasteiger partial charge is 0.316 e. The van der Waals surface area contributed by atoms with Crippen LogP contribution in [0.1, 0.15) is 30.4 Å². The molecule has 5 heteroatoms. The zero-order valence-corrected chi connectivity index (χ0v) is 16.9. The topological polar surface area (TPSA) is 49.8 Å². The van der Waals surface area contributed by atoms with Crippen LogP contribution < -0.4 is 0 Å². The van der Waals surface area contributed by atoms with Crippen LogP contribution >= 0.6 is 11.6 Å². The lowest BCUT2D eigenvalue weighted by Gasteiger charge is -2.39. The molecule has 28 heavy (non-hydrogen) atoms. The van der Waals surface area contributed by atoms with Gasteiger partial charge in [-0.2, -0.15) is 0 Å². The average molecular weight is 400 g/mol. The van der Waals surface area contributed by atoms with Crippen LogP contribution in [0.15, 0.2) is 54.6 Å². The fourth-order valence-corrected chi connectivity index (χ4v) is 4.78. The van der Waals surface area contributed by atoms with Crippen LogP contribution in [0.2, 0.25) is 5.02 Å². The maximum Gasteiger partial charge on any atom is 0.316 e. The molecular weight excluding hydrogens is 374 g/mol. The Morgan fingerprint density at radius 2 is 1.75 bits per heavy atom. The molecule has 1 aliphatic carbocycles. The fraction of sp³-hybridized carbons (Fsp3) is 0.435. The van der Waals surface area contributed by atoms with Crippen molar-refractivity contribution in [3.8, 4) is 0 Å². The highest BCUT2D eigenvalue weighted by Gasteiger charge is 2.62. The van der Waals surface area contributed by atoms with Gasteiger partial charge in [0.05, 0.1) is 18.1 Å². The molecule has 0 unspecified atom stereocenters. The van der Waals surface area contributed by atoms with Crippen LogP contribution in [0.4, 0.5) is 0 Å². The van der Waals surface area contributed by atoms with E-state index in [0.717, 1.165) is 37.2 Å². The van der Waals surface area contributed by atoms with Gasteiger partial charge in [-0.15, -0.1) is 0 Å². The first-order valence-electron chi connectivity index (χ1n) is 9.83. The second-order valence-corrected chi connectivity index (χ2v) is 8.51. The molecule has 1 aliphatic heterocycles. The van der Waals surface area contributed by atoms with Crippen LogP contribution in [0.25, 0.3) is 0 Å². The number of nitrogens with zero attached hydrogens (tertiary/aromatic N) is 1. The molecule has 0 radical (unpaired) electrons. The number of hydrogen-bond acceptors (Lipinski definition) is 4. The summed E-state index contributed by atoms with van der Waals surface area (Å²) in [5.74, 6) is 0.113. The number of aliphatic hydroxyl groups is 1. The Labute approximate surface area is 171 Å². The van der Waals surface area contributed by atoms with Gasteiger partial charge in [0.15, 0.2) is 0 Å². The number of carbonyl (C=O) groups is 1. The number of piperidine rings is 1. The van der Waals surface area contributed by atoms with E-state index in [1.165, 1.54) is 7.11 Å². The molecule has 2 atom stereocenters. The monoisotopic (exact) mass is 399 g/mol. The third kappa shape index (κ3) is 3.45. The number of ether oxygens (including phenoxy) is 1. The van der Waals surface area contributed by atoms with E-state index in [-0.39, 0.29) is 11.9 Å². The molecule has 4 rings (SSSR count). The summed E-state index contributed by atoms with van der Waals surface area (Å²) >= 11 is 5.97. The second-order valence-electron chi connectivity index (χ2n) is 8.07. The standard InChI is InChI=1S/C23H26ClNO3/c1-28-21(26)23(18-5-3-2-4-6-18)15-19(23)16-25-13-11-22(27,12-14-25)17-7-9-20(24)10-8-17/h2-10,19,27H,11-16H2,1H3/t19-,23-/m1/s1. The van der Waals surface area contributed by atoms with Gasteiger partial charge in [-0.3, -0.25) is 4.79 Å². The molecule has 4 nitrogen and oxygen atoms in total. The Morgan fingerprint density at radius 3 is 2.36 bits per heavy atom. The maximum absolute atomic E-state index is 12.6. The maximum atomic E-state index is 12.6. The Morgan fingerprint density at radius 1 is 1.11 bits per heavy atom. The van der Waals surface area contributed by atoms with Crippen molar-refractivity contribution in [3.63, 3.8) is 0 Å². The minimum absolute atomic E-state index is 0.140. The Hall–Kier alpha value is -1.88. The van der Waals surface area contributed by atoms with Gasteiger partial charge >= 0.3 is 5.97 Å². The van der Waals surface area contributed by atoms with E-state index >= 15 is 0 Å².